The lowest BCUT2D eigenvalue weighted by molar-refractivity contribution is 0.102. The van der Waals surface area contributed by atoms with Gasteiger partial charge in [0.05, 0.1) is 6.61 Å². The molecule has 100 valence electrons. The second-order valence-corrected chi connectivity index (χ2v) is 3.97. The van der Waals surface area contributed by atoms with E-state index in [9.17, 15) is 4.79 Å². The molecule has 1 heterocycles. The Morgan fingerprint density at radius 3 is 2.89 bits per heavy atom. The first-order valence-electron chi connectivity index (χ1n) is 6.30. The molecule has 0 atom stereocenters. The highest BCUT2D eigenvalue weighted by atomic mass is 16.5. The summed E-state index contributed by atoms with van der Waals surface area (Å²) >= 11 is 0. The van der Waals surface area contributed by atoms with Gasteiger partial charge in [-0.3, -0.25) is 9.48 Å². The van der Waals surface area contributed by atoms with E-state index in [-0.39, 0.29) is 5.91 Å². The summed E-state index contributed by atoms with van der Waals surface area (Å²) in [6.07, 6.45) is 1.83. The molecule has 1 aromatic carbocycles. The van der Waals surface area contributed by atoms with Gasteiger partial charge in [0.25, 0.3) is 5.91 Å². The fraction of sp³-hybridized carbons (Fsp3) is 0.286. The molecule has 0 saturated carbocycles. The highest BCUT2D eigenvalue weighted by Crippen LogP contribution is 2.14. The molecule has 0 aliphatic carbocycles. The highest BCUT2D eigenvalue weighted by Gasteiger charge is 2.08. The molecule has 2 rings (SSSR count). The molecule has 0 bridgehead atoms. The third-order valence-electron chi connectivity index (χ3n) is 2.61. The fourth-order valence-corrected chi connectivity index (χ4v) is 1.69. The molecule has 5 nitrogen and oxygen atoms in total. The summed E-state index contributed by atoms with van der Waals surface area (Å²) in [7, 11) is 0. The number of nitrogens with zero attached hydrogens (tertiary/aromatic N) is 2. The van der Waals surface area contributed by atoms with Gasteiger partial charge >= 0.3 is 0 Å². The molecule has 1 amide bonds. The van der Waals surface area contributed by atoms with Crippen LogP contribution in [0.25, 0.3) is 0 Å². The van der Waals surface area contributed by atoms with Crippen molar-refractivity contribution < 1.29 is 9.53 Å². The summed E-state index contributed by atoms with van der Waals surface area (Å²) < 4.78 is 7.12. The van der Waals surface area contributed by atoms with Gasteiger partial charge in [-0.2, -0.15) is 5.10 Å². The first-order valence-corrected chi connectivity index (χ1v) is 6.30. The molecule has 0 saturated heterocycles. The van der Waals surface area contributed by atoms with Crippen LogP contribution in [0.4, 0.5) is 5.82 Å². The Morgan fingerprint density at radius 2 is 2.21 bits per heavy atom. The van der Waals surface area contributed by atoms with Gasteiger partial charge in [-0.05, 0) is 32.0 Å². The number of aromatic nitrogens is 2. The van der Waals surface area contributed by atoms with Gasteiger partial charge in [-0.15, -0.1) is 0 Å². The number of ether oxygens (including phenoxy) is 1. The van der Waals surface area contributed by atoms with Crippen LogP contribution in [0.2, 0.25) is 0 Å². The van der Waals surface area contributed by atoms with Crippen LogP contribution < -0.4 is 10.1 Å². The van der Waals surface area contributed by atoms with Gasteiger partial charge in [0.15, 0.2) is 5.82 Å². The molecular formula is C14H17N3O2. The van der Waals surface area contributed by atoms with Crippen LogP contribution in [0, 0.1) is 0 Å². The Hall–Kier alpha value is -2.30. The minimum Gasteiger partial charge on any atom is -0.494 e. The van der Waals surface area contributed by atoms with Crippen molar-refractivity contribution in [1.82, 2.24) is 9.78 Å². The van der Waals surface area contributed by atoms with Crippen LogP contribution in [0.1, 0.15) is 24.2 Å². The first-order chi connectivity index (χ1) is 9.22. The van der Waals surface area contributed by atoms with Crippen molar-refractivity contribution in [3.8, 4) is 5.75 Å². The third-order valence-corrected chi connectivity index (χ3v) is 2.61. The number of rotatable bonds is 5. The molecule has 1 aromatic heterocycles. The van der Waals surface area contributed by atoms with Gasteiger partial charge in [0.2, 0.25) is 0 Å². The van der Waals surface area contributed by atoms with Crippen molar-refractivity contribution in [3.63, 3.8) is 0 Å². The summed E-state index contributed by atoms with van der Waals surface area (Å²) in [6, 6.07) is 8.86. The normalized spacial score (nSPS) is 10.2. The van der Waals surface area contributed by atoms with Crippen LogP contribution in [0.3, 0.4) is 0 Å². The van der Waals surface area contributed by atoms with Crippen LogP contribution in [0.5, 0.6) is 5.75 Å². The minimum absolute atomic E-state index is 0.192. The van der Waals surface area contributed by atoms with Crippen molar-refractivity contribution in [2.24, 2.45) is 0 Å². The lowest BCUT2D eigenvalue weighted by Crippen LogP contribution is -2.12. The number of nitrogens with one attached hydrogen (secondary N) is 1. The number of aryl methyl sites for hydroxylation is 1. The van der Waals surface area contributed by atoms with Gasteiger partial charge in [0, 0.05) is 24.4 Å². The maximum Gasteiger partial charge on any atom is 0.256 e. The number of hydrogen-bond donors (Lipinski definition) is 1. The average Bonchev–Trinajstić information content (AvgIpc) is 2.87. The molecule has 5 heteroatoms. The molecule has 19 heavy (non-hydrogen) atoms. The molecule has 0 unspecified atom stereocenters. The van der Waals surface area contributed by atoms with E-state index in [1.807, 2.05) is 26.1 Å². The summed E-state index contributed by atoms with van der Waals surface area (Å²) in [5, 5.41) is 6.96. The Morgan fingerprint density at radius 1 is 1.37 bits per heavy atom. The predicted octanol–water partition coefficient (Wildman–Crippen LogP) is 2.55. The second kappa shape index (κ2) is 6.04. The van der Waals surface area contributed by atoms with Crippen molar-refractivity contribution in [2.45, 2.75) is 20.4 Å². The van der Waals surface area contributed by atoms with Crippen molar-refractivity contribution in [1.29, 1.82) is 0 Å². The van der Waals surface area contributed by atoms with E-state index in [1.165, 1.54) is 0 Å². The lowest BCUT2D eigenvalue weighted by Gasteiger charge is -2.06. The Labute approximate surface area is 112 Å². The van der Waals surface area contributed by atoms with Crippen LogP contribution >= 0.6 is 0 Å². The number of carbonyl (C=O) groups excluding carboxylic acids is 1. The van der Waals surface area contributed by atoms with Gasteiger partial charge in [-0.25, -0.2) is 0 Å². The third kappa shape index (κ3) is 3.34. The first kappa shape index (κ1) is 13.1. The molecule has 0 aliphatic rings. The molecule has 0 radical (unpaired) electrons. The highest BCUT2D eigenvalue weighted by molar-refractivity contribution is 6.03. The van der Waals surface area contributed by atoms with Crippen molar-refractivity contribution in [3.05, 3.63) is 42.1 Å². The smallest absolute Gasteiger partial charge is 0.256 e. The van der Waals surface area contributed by atoms with Crippen LogP contribution in [-0.2, 0) is 6.54 Å². The van der Waals surface area contributed by atoms with E-state index in [2.05, 4.69) is 10.4 Å². The number of carbonyl (C=O) groups is 1. The van der Waals surface area contributed by atoms with Gasteiger partial charge < -0.3 is 10.1 Å². The van der Waals surface area contributed by atoms with Gasteiger partial charge in [-0.1, -0.05) is 6.07 Å². The zero-order valence-electron chi connectivity index (χ0n) is 11.1. The van der Waals surface area contributed by atoms with E-state index in [1.54, 1.807) is 28.9 Å². The Bertz CT molecular complexity index is 563. The molecular weight excluding hydrogens is 242 g/mol. The monoisotopic (exact) mass is 259 g/mol. The maximum absolute atomic E-state index is 12.1. The average molecular weight is 259 g/mol. The van der Waals surface area contributed by atoms with Crippen molar-refractivity contribution in [2.75, 3.05) is 11.9 Å². The molecule has 0 fully saturated rings. The zero-order valence-corrected chi connectivity index (χ0v) is 11.1. The number of hydrogen-bond acceptors (Lipinski definition) is 3. The van der Waals surface area contributed by atoms with E-state index in [0.717, 1.165) is 6.54 Å². The van der Waals surface area contributed by atoms with E-state index in [4.69, 9.17) is 4.74 Å². The number of benzene rings is 1. The van der Waals surface area contributed by atoms with Crippen LogP contribution in [-0.4, -0.2) is 22.3 Å². The largest absolute Gasteiger partial charge is 0.494 e. The van der Waals surface area contributed by atoms with Crippen LogP contribution in [0.15, 0.2) is 36.5 Å². The summed E-state index contributed by atoms with van der Waals surface area (Å²) in [5.41, 5.74) is 0.553. The summed E-state index contributed by atoms with van der Waals surface area (Å²) in [5.74, 6) is 1.05. The van der Waals surface area contributed by atoms with Gasteiger partial charge in [0.1, 0.15) is 5.75 Å². The topological polar surface area (TPSA) is 56.1 Å². The van der Waals surface area contributed by atoms with E-state index >= 15 is 0 Å². The molecule has 0 spiro atoms. The molecule has 1 N–H and O–H groups in total. The molecule has 2 aromatic rings. The maximum atomic E-state index is 12.1. The van der Waals surface area contributed by atoms with E-state index < -0.39 is 0 Å². The minimum atomic E-state index is -0.192. The summed E-state index contributed by atoms with van der Waals surface area (Å²) in [4.78, 5) is 12.1. The van der Waals surface area contributed by atoms with E-state index in [0.29, 0.717) is 23.7 Å². The Balaban J connectivity index is 2.08. The molecule has 0 aliphatic heterocycles. The standard InChI is InChI=1S/C14H17N3O2/c1-3-17-9-8-13(16-17)15-14(18)11-6-5-7-12(10-11)19-4-2/h5-10H,3-4H2,1-2H3,(H,15,16,18). The lowest BCUT2D eigenvalue weighted by atomic mass is 10.2. The predicted molar refractivity (Wildman–Crippen MR) is 73.5 cm³/mol. The summed E-state index contributed by atoms with van der Waals surface area (Å²) in [6.45, 7) is 5.25. The fourth-order valence-electron chi connectivity index (χ4n) is 1.69. The van der Waals surface area contributed by atoms with Crippen molar-refractivity contribution >= 4 is 11.7 Å². The zero-order chi connectivity index (χ0) is 13.7. The second-order valence-electron chi connectivity index (χ2n) is 3.97. The number of anilines is 1. The number of amides is 1. The quantitative estimate of drug-likeness (QED) is 0.897. The Kier molecular flexibility index (Phi) is 4.18. The SMILES string of the molecule is CCOc1cccc(C(=O)Nc2ccn(CC)n2)c1.